The molecule has 0 bridgehead atoms. The zero-order valence-corrected chi connectivity index (χ0v) is 11.6. The van der Waals surface area contributed by atoms with Crippen LogP contribution in [0.3, 0.4) is 0 Å². The van der Waals surface area contributed by atoms with E-state index in [9.17, 15) is 0 Å². The summed E-state index contributed by atoms with van der Waals surface area (Å²) in [6.45, 7) is 3.19. The van der Waals surface area contributed by atoms with Crippen LogP contribution in [-0.2, 0) is 6.54 Å². The maximum absolute atomic E-state index is 2.35. The molecule has 96 valence electrons. The van der Waals surface area contributed by atoms with Gasteiger partial charge in [0.2, 0.25) is 0 Å². The number of nitrogens with zero attached hydrogens (tertiary/aromatic N) is 1. The lowest BCUT2D eigenvalue weighted by molar-refractivity contribution is 0.915. The van der Waals surface area contributed by atoms with E-state index in [1.54, 1.807) is 0 Å². The number of rotatable bonds is 1. The maximum Gasteiger partial charge on any atom is 0.0443 e. The van der Waals surface area contributed by atoms with E-state index in [1.807, 2.05) is 0 Å². The van der Waals surface area contributed by atoms with Crippen LogP contribution in [0.2, 0.25) is 0 Å². The smallest absolute Gasteiger partial charge is 0.0443 e. The topological polar surface area (TPSA) is 3.24 Å². The Morgan fingerprint density at radius 3 is 2.58 bits per heavy atom. The Morgan fingerprint density at radius 2 is 1.74 bits per heavy atom. The van der Waals surface area contributed by atoms with Crippen molar-refractivity contribution in [2.75, 3.05) is 11.9 Å². The zero-order valence-electron chi connectivity index (χ0n) is 11.6. The summed E-state index contributed by atoms with van der Waals surface area (Å²) < 4.78 is 0. The molecule has 1 aliphatic rings. The molecule has 1 heteroatoms. The molecule has 0 saturated carbocycles. The van der Waals surface area contributed by atoms with E-state index in [1.165, 1.54) is 28.0 Å². The van der Waals surface area contributed by atoms with Gasteiger partial charge in [-0.15, -0.1) is 0 Å². The molecule has 1 nitrogen and oxygen atoms in total. The summed E-state index contributed by atoms with van der Waals surface area (Å²) in [5.74, 6) is 0. The van der Waals surface area contributed by atoms with Crippen LogP contribution in [0.25, 0.3) is 11.6 Å². The van der Waals surface area contributed by atoms with Gasteiger partial charge in [0.1, 0.15) is 0 Å². The van der Waals surface area contributed by atoms with Crippen molar-refractivity contribution in [1.29, 1.82) is 0 Å². The molecule has 0 unspecified atom stereocenters. The lowest BCUT2D eigenvalue weighted by Crippen LogP contribution is -2.19. The van der Waals surface area contributed by atoms with Crippen LogP contribution in [0.15, 0.2) is 48.5 Å². The van der Waals surface area contributed by atoms with E-state index in [2.05, 4.69) is 73.5 Å². The summed E-state index contributed by atoms with van der Waals surface area (Å²) in [5, 5.41) is 0. The second-order valence-corrected chi connectivity index (χ2v) is 5.10. The van der Waals surface area contributed by atoms with Gasteiger partial charge in [-0.05, 0) is 29.2 Å². The first-order valence-corrected chi connectivity index (χ1v) is 6.88. The average Bonchev–Trinajstić information content (AvgIpc) is 2.45. The quantitative estimate of drug-likeness (QED) is 0.714. The van der Waals surface area contributed by atoms with Crippen molar-refractivity contribution in [2.45, 2.75) is 19.9 Å². The molecule has 19 heavy (non-hydrogen) atoms. The van der Waals surface area contributed by atoms with Crippen molar-refractivity contribution in [2.24, 2.45) is 0 Å². The molecule has 0 aliphatic carbocycles. The van der Waals surface area contributed by atoms with Crippen LogP contribution in [0.1, 0.15) is 30.0 Å². The Labute approximate surface area is 115 Å². The number of hydrogen-bond acceptors (Lipinski definition) is 1. The Bertz CT molecular complexity index is 625. The third kappa shape index (κ3) is 2.17. The van der Waals surface area contributed by atoms with Gasteiger partial charge in [-0.2, -0.15) is 0 Å². The normalized spacial score (nSPS) is 16.7. The number of fused-ring (bicyclic) bond motifs is 2. The van der Waals surface area contributed by atoms with Gasteiger partial charge >= 0.3 is 0 Å². The predicted molar refractivity (Wildman–Crippen MR) is 83.2 cm³/mol. The fourth-order valence-electron chi connectivity index (χ4n) is 2.80. The van der Waals surface area contributed by atoms with Crippen molar-refractivity contribution in [3.8, 4) is 0 Å². The molecule has 2 aromatic rings. The first kappa shape index (κ1) is 12.0. The molecule has 0 amide bonds. The van der Waals surface area contributed by atoms with Crippen molar-refractivity contribution in [3.63, 3.8) is 0 Å². The molecule has 0 atom stereocenters. The number of para-hydroxylation sites is 1. The van der Waals surface area contributed by atoms with Crippen molar-refractivity contribution >= 4 is 17.3 Å². The van der Waals surface area contributed by atoms with Crippen LogP contribution < -0.4 is 4.90 Å². The predicted octanol–water partition coefficient (Wildman–Crippen LogP) is 4.59. The summed E-state index contributed by atoms with van der Waals surface area (Å²) in [5.41, 5.74) is 6.84. The first-order valence-electron chi connectivity index (χ1n) is 6.88. The molecule has 0 spiro atoms. The standard InChI is InChI=1S/C18H19N/c1-3-14-12-15-8-4-5-9-16(15)13-19(2)18-11-7-6-10-17(14)18/h4-12H,3,13H2,1-2H3/b14-12-. The van der Waals surface area contributed by atoms with Gasteiger partial charge < -0.3 is 4.90 Å². The van der Waals surface area contributed by atoms with Crippen LogP contribution in [0, 0.1) is 0 Å². The number of benzene rings is 2. The Morgan fingerprint density at radius 1 is 1.00 bits per heavy atom. The fraction of sp³-hybridized carbons (Fsp3) is 0.222. The minimum absolute atomic E-state index is 0.959. The van der Waals surface area contributed by atoms with E-state index >= 15 is 0 Å². The SMILES string of the molecule is CC/C1=C/c2ccccc2CN(C)c2ccccc21. The molecule has 1 aliphatic heterocycles. The number of allylic oxidation sites excluding steroid dienone is 1. The molecule has 0 aromatic heterocycles. The van der Waals surface area contributed by atoms with E-state index in [0.29, 0.717) is 0 Å². The molecule has 0 N–H and O–H groups in total. The van der Waals surface area contributed by atoms with Gasteiger partial charge in [-0.3, -0.25) is 0 Å². The Hall–Kier alpha value is -2.02. The summed E-state index contributed by atoms with van der Waals surface area (Å²) >= 11 is 0. The van der Waals surface area contributed by atoms with Crippen molar-refractivity contribution in [3.05, 3.63) is 65.2 Å². The first-order chi connectivity index (χ1) is 9.29. The van der Waals surface area contributed by atoms with Crippen LogP contribution >= 0.6 is 0 Å². The molecular formula is C18H19N. The summed E-state index contributed by atoms with van der Waals surface area (Å²) in [4.78, 5) is 2.34. The molecule has 1 heterocycles. The fourth-order valence-corrected chi connectivity index (χ4v) is 2.80. The lowest BCUT2D eigenvalue weighted by atomic mass is 9.94. The van der Waals surface area contributed by atoms with Crippen LogP contribution in [-0.4, -0.2) is 7.05 Å². The third-order valence-electron chi connectivity index (χ3n) is 3.83. The highest BCUT2D eigenvalue weighted by Gasteiger charge is 2.14. The van der Waals surface area contributed by atoms with E-state index in [4.69, 9.17) is 0 Å². The molecule has 2 aromatic carbocycles. The summed E-state index contributed by atoms with van der Waals surface area (Å²) in [6, 6.07) is 17.4. The van der Waals surface area contributed by atoms with Gasteiger partial charge in [0.05, 0.1) is 0 Å². The monoisotopic (exact) mass is 249 g/mol. The van der Waals surface area contributed by atoms with Crippen molar-refractivity contribution in [1.82, 2.24) is 0 Å². The number of anilines is 1. The second-order valence-electron chi connectivity index (χ2n) is 5.10. The minimum Gasteiger partial charge on any atom is -0.370 e. The van der Waals surface area contributed by atoms with Gasteiger partial charge in [0.25, 0.3) is 0 Å². The lowest BCUT2D eigenvalue weighted by Gasteiger charge is -2.26. The highest BCUT2D eigenvalue weighted by molar-refractivity contribution is 5.88. The van der Waals surface area contributed by atoms with Gasteiger partial charge in [-0.1, -0.05) is 55.5 Å². The highest BCUT2D eigenvalue weighted by atomic mass is 15.1. The zero-order chi connectivity index (χ0) is 13.2. The van der Waals surface area contributed by atoms with Gasteiger partial charge in [0.15, 0.2) is 0 Å². The Balaban J connectivity index is 2.24. The van der Waals surface area contributed by atoms with E-state index in [-0.39, 0.29) is 0 Å². The second kappa shape index (κ2) is 4.93. The highest BCUT2D eigenvalue weighted by Crippen LogP contribution is 2.33. The number of hydrogen-bond donors (Lipinski definition) is 0. The molecule has 0 radical (unpaired) electrons. The molecule has 0 saturated heterocycles. The molecule has 0 fully saturated rings. The van der Waals surface area contributed by atoms with Gasteiger partial charge in [0, 0.05) is 24.8 Å². The average molecular weight is 249 g/mol. The summed E-state index contributed by atoms with van der Waals surface area (Å²) in [7, 11) is 2.17. The minimum atomic E-state index is 0.959. The maximum atomic E-state index is 2.35. The van der Waals surface area contributed by atoms with Crippen LogP contribution in [0.4, 0.5) is 5.69 Å². The largest absolute Gasteiger partial charge is 0.370 e. The van der Waals surface area contributed by atoms with E-state index < -0.39 is 0 Å². The summed E-state index contributed by atoms with van der Waals surface area (Å²) in [6.07, 6.45) is 3.40. The van der Waals surface area contributed by atoms with Gasteiger partial charge in [-0.25, -0.2) is 0 Å². The van der Waals surface area contributed by atoms with E-state index in [0.717, 1.165) is 13.0 Å². The third-order valence-corrected chi connectivity index (χ3v) is 3.83. The molecular weight excluding hydrogens is 230 g/mol. The Kier molecular flexibility index (Phi) is 3.12. The van der Waals surface area contributed by atoms with Crippen LogP contribution in [0.5, 0.6) is 0 Å². The van der Waals surface area contributed by atoms with Crippen molar-refractivity contribution < 1.29 is 0 Å². The molecule has 3 rings (SSSR count).